The molecule has 3 aromatic rings. The highest BCUT2D eigenvalue weighted by atomic mass is 32.2. The van der Waals surface area contributed by atoms with Crippen LogP contribution >= 0.6 is 27.2 Å². The Hall–Kier alpha value is -2.59. The monoisotopic (exact) mass is 731 g/mol. The molecule has 1 saturated heterocycles. The number of carbonyl (C=O) groups is 1. The van der Waals surface area contributed by atoms with Crippen molar-refractivity contribution < 1.29 is 51.5 Å². The molecule has 19 heteroatoms. The zero-order valence-corrected chi connectivity index (χ0v) is 30.1. The van der Waals surface area contributed by atoms with Crippen LogP contribution in [0, 0.1) is 13.8 Å². The maximum atomic E-state index is 12.7. The van der Waals surface area contributed by atoms with Crippen LogP contribution in [0.4, 0.5) is 10.6 Å². The van der Waals surface area contributed by atoms with E-state index in [-0.39, 0.29) is 17.5 Å². The van der Waals surface area contributed by atoms with Gasteiger partial charge in [0.2, 0.25) is 0 Å². The van der Waals surface area contributed by atoms with Gasteiger partial charge in [0.1, 0.15) is 18.2 Å². The van der Waals surface area contributed by atoms with E-state index in [2.05, 4.69) is 30.7 Å². The van der Waals surface area contributed by atoms with E-state index in [1.807, 2.05) is 6.92 Å². The van der Waals surface area contributed by atoms with Crippen LogP contribution in [-0.4, -0.2) is 73.4 Å². The predicted octanol–water partition coefficient (Wildman–Crippen LogP) is 5.53. The molecule has 0 aliphatic carbocycles. The minimum Gasteiger partial charge on any atom is -0.431 e. The first-order valence-electron chi connectivity index (χ1n) is 15.5. The van der Waals surface area contributed by atoms with Gasteiger partial charge in [-0.25, -0.2) is 24.3 Å². The van der Waals surface area contributed by atoms with E-state index >= 15 is 0 Å². The number of fused-ring (bicyclic) bond motifs is 1. The third-order valence-corrected chi connectivity index (χ3v) is 11.6. The third kappa shape index (κ3) is 9.99. The number of nitrogens with two attached hydrogens (primary N) is 1. The molecule has 0 amide bonds. The van der Waals surface area contributed by atoms with Crippen LogP contribution in [0.5, 0.6) is 0 Å². The number of methoxy groups -OCH3 is 1. The number of hydrogen-bond acceptors (Lipinski definition) is 14. The molecule has 3 heterocycles. The average molecular weight is 732 g/mol. The van der Waals surface area contributed by atoms with Gasteiger partial charge in [-0.15, -0.1) is 0 Å². The number of ether oxygens (including phenoxy) is 4. The Bertz CT molecular complexity index is 1660. The molecule has 1 fully saturated rings. The average Bonchev–Trinajstić information content (AvgIpc) is 3.63. The van der Waals surface area contributed by atoms with Crippen LogP contribution in [0.15, 0.2) is 29.7 Å². The summed E-state index contributed by atoms with van der Waals surface area (Å²) in [5.74, 6) is 1.01. The highest BCUT2D eigenvalue weighted by Gasteiger charge is 2.42. The number of phosphoric ester groups is 1. The Kier molecular flexibility index (Phi) is 13.4. The van der Waals surface area contributed by atoms with Gasteiger partial charge in [-0.3, -0.25) is 14.0 Å². The molecule has 0 radical (unpaired) electrons. The summed E-state index contributed by atoms with van der Waals surface area (Å²) in [7, 11) is -8.67. The second kappa shape index (κ2) is 16.9. The third-order valence-electron chi connectivity index (χ3n) is 7.52. The Morgan fingerprint density at radius 1 is 1.17 bits per heavy atom. The number of carbonyl (C=O) groups excluding carboxylic acids is 1. The Morgan fingerprint density at radius 2 is 1.94 bits per heavy atom. The number of rotatable bonds is 17. The van der Waals surface area contributed by atoms with Gasteiger partial charge in [-0.05, 0) is 56.4 Å². The number of aromatic nitrogens is 4. The molecule has 6 atom stereocenters. The molecule has 4 rings (SSSR count). The molecular formula is C29H43N5O11P2S. The molecule has 266 valence electrons. The lowest BCUT2D eigenvalue weighted by Crippen LogP contribution is -2.29. The van der Waals surface area contributed by atoms with Gasteiger partial charge in [-0.2, -0.15) is 4.31 Å². The molecular weight excluding hydrogens is 688 g/mol. The Labute approximate surface area is 283 Å². The maximum Gasteiger partial charge on any atom is 0.539 e. The minimum absolute atomic E-state index is 0.213. The van der Waals surface area contributed by atoms with Gasteiger partial charge in [0.25, 0.3) is 0 Å². The maximum absolute atomic E-state index is 12.7. The summed E-state index contributed by atoms with van der Waals surface area (Å²) >= 11 is 1.46. The Balaban J connectivity index is 1.47. The highest BCUT2D eigenvalue weighted by Crippen LogP contribution is 2.59. The molecule has 16 nitrogen and oxygen atoms in total. The zero-order chi connectivity index (χ0) is 35.1. The smallest absolute Gasteiger partial charge is 0.431 e. The van der Waals surface area contributed by atoms with Crippen LogP contribution in [0.2, 0.25) is 0 Å². The van der Waals surface area contributed by atoms with Crippen LogP contribution < -0.4 is 11.0 Å². The van der Waals surface area contributed by atoms with Gasteiger partial charge in [-0.1, -0.05) is 44.5 Å². The number of benzene rings is 1. The number of hydrogen-bond donors (Lipinski definition) is 3. The Morgan fingerprint density at radius 3 is 2.62 bits per heavy atom. The van der Waals surface area contributed by atoms with E-state index in [0.717, 1.165) is 37.0 Å². The molecule has 0 bridgehead atoms. The number of imidazole rings is 1. The van der Waals surface area contributed by atoms with Crippen molar-refractivity contribution in [2.75, 3.05) is 25.2 Å². The second-order valence-corrected chi connectivity index (χ2v) is 15.7. The van der Waals surface area contributed by atoms with Gasteiger partial charge in [0.05, 0.1) is 17.7 Å². The molecule has 48 heavy (non-hydrogen) atoms. The lowest BCUT2D eigenvalue weighted by atomic mass is 10.1. The van der Waals surface area contributed by atoms with E-state index in [4.69, 9.17) is 24.7 Å². The first kappa shape index (κ1) is 38.2. The predicted molar refractivity (Wildman–Crippen MR) is 178 cm³/mol. The quantitative estimate of drug-likeness (QED) is 0.0388. The van der Waals surface area contributed by atoms with Crippen LogP contribution in [0.1, 0.15) is 69.7 Å². The summed E-state index contributed by atoms with van der Waals surface area (Å²) in [6.07, 6.45) is 1.85. The molecule has 4 N–H and O–H groups in total. The molecule has 1 aromatic carbocycles. The number of nitrogen functional groups attached to an aromatic ring is 1. The van der Waals surface area contributed by atoms with Crippen molar-refractivity contribution >= 4 is 55.6 Å². The molecule has 0 saturated carbocycles. The summed E-state index contributed by atoms with van der Waals surface area (Å²) < 4.78 is 59.1. The largest absolute Gasteiger partial charge is 0.539 e. The summed E-state index contributed by atoms with van der Waals surface area (Å²) in [5.41, 5.74) is 8.50. The number of unbranched alkanes of at least 4 members (excludes halogenated alkanes) is 2. The van der Waals surface area contributed by atoms with E-state index in [1.54, 1.807) is 31.6 Å². The zero-order valence-electron chi connectivity index (χ0n) is 27.5. The fourth-order valence-corrected chi connectivity index (χ4v) is 8.13. The topological polar surface area (TPSA) is 217 Å². The van der Waals surface area contributed by atoms with Crippen molar-refractivity contribution in [2.45, 2.75) is 96.1 Å². The number of anilines is 1. The lowest BCUT2D eigenvalue weighted by molar-refractivity contribution is -0.181. The molecule has 1 aliphatic heterocycles. The van der Waals surface area contributed by atoms with Crippen LogP contribution in [0.3, 0.4) is 0 Å². The van der Waals surface area contributed by atoms with E-state index < -0.39 is 52.9 Å². The summed E-state index contributed by atoms with van der Waals surface area (Å²) in [6.45, 7) is 7.21. The highest BCUT2D eigenvalue weighted by molar-refractivity contribution is 7.99. The fraction of sp³-hybridized carbons (Fsp3) is 0.586. The van der Waals surface area contributed by atoms with Crippen molar-refractivity contribution in [3.63, 3.8) is 0 Å². The number of aryl methyl sites for hydroxylation is 2. The first-order valence-corrected chi connectivity index (χ1v) is 19.6. The van der Waals surface area contributed by atoms with Gasteiger partial charge < -0.3 is 34.1 Å². The van der Waals surface area contributed by atoms with Crippen molar-refractivity contribution in [1.29, 1.82) is 0 Å². The number of thioether (sulfide) groups is 1. The molecule has 2 aromatic heterocycles. The van der Waals surface area contributed by atoms with Crippen molar-refractivity contribution in [2.24, 2.45) is 0 Å². The SMILES string of the molecule is CCCCCC(OC)O[C@H]1C[C@@H](COC(=O)OP(=O)(O)OP(=O)(O)c2ccc(C)c(C)c2)O[C@H]1n1cnc2c(N)nc(SCCC)nc21. The van der Waals surface area contributed by atoms with Gasteiger partial charge in [0, 0.05) is 19.3 Å². The van der Waals surface area contributed by atoms with Gasteiger partial charge in [0.15, 0.2) is 29.1 Å². The normalized spacial score (nSPS) is 21.1. The fourth-order valence-electron chi connectivity index (χ4n) is 4.94. The summed E-state index contributed by atoms with van der Waals surface area (Å²) in [5, 5.41) is 0.240. The van der Waals surface area contributed by atoms with E-state index in [1.165, 1.54) is 30.2 Å². The summed E-state index contributed by atoms with van der Waals surface area (Å²) in [4.78, 5) is 46.3. The number of phosphoric acid groups is 1. The van der Waals surface area contributed by atoms with Crippen molar-refractivity contribution in [3.05, 3.63) is 35.7 Å². The van der Waals surface area contributed by atoms with Gasteiger partial charge >= 0.3 is 21.6 Å². The molecule has 1 aliphatic rings. The lowest BCUT2D eigenvalue weighted by Gasteiger charge is -2.25. The van der Waals surface area contributed by atoms with Crippen LogP contribution in [0.25, 0.3) is 11.2 Å². The van der Waals surface area contributed by atoms with Crippen molar-refractivity contribution in [3.8, 4) is 0 Å². The molecule has 3 unspecified atom stereocenters. The van der Waals surface area contributed by atoms with E-state index in [0.29, 0.717) is 28.3 Å². The standard InChI is InChI=1S/C29H43N5O11P2S/c1-6-8-9-10-23(40-5)43-22-15-20(42-27(22)34-17-31-24-25(30)32-28(33-26(24)34)48-13-7-2)16-41-29(35)44-47(38,39)45-46(36,37)21-12-11-18(3)19(4)14-21/h11-12,14,17,20,22-23,27H,6-10,13,15-16H2,1-5H3,(H,36,37)(H,38,39)(H2,30,32,33)/t20-,22-,23?,27+/m0/s1. The minimum atomic E-state index is -5.38. The molecule has 0 spiro atoms. The second-order valence-electron chi connectivity index (χ2n) is 11.3. The number of nitrogens with zero attached hydrogens (tertiary/aromatic N) is 4. The van der Waals surface area contributed by atoms with Crippen LogP contribution in [-0.2, 0) is 36.9 Å². The summed E-state index contributed by atoms with van der Waals surface area (Å²) in [6, 6.07) is 4.17. The van der Waals surface area contributed by atoms with Crippen molar-refractivity contribution in [1.82, 2.24) is 19.5 Å². The van der Waals surface area contributed by atoms with E-state index in [9.17, 15) is 23.7 Å². The first-order chi connectivity index (χ1) is 22.8.